The minimum absolute atomic E-state index is 0.0304. The molecule has 0 saturated carbocycles. The number of piperazine rings is 1. The highest BCUT2D eigenvalue weighted by atomic mass is 16.5. The molecular formula is C26H31N5O5. The van der Waals surface area contributed by atoms with Crippen molar-refractivity contribution in [3.63, 3.8) is 0 Å². The van der Waals surface area contributed by atoms with E-state index < -0.39 is 6.09 Å². The van der Waals surface area contributed by atoms with Gasteiger partial charge in [0.2, 0.25) is 0 Å². The number of para-hydroxylation sites is 1. The third-order valence-electron chi connectivity index (χ3n) is 5.92. The first-order valence-electron chi connectivity index (χ1n) is 11.8. The molecule has 2 heterocycles. The second-order valence-corrected chi connectivity index (χ2v) is 8.22. The monoisotopic (exact) mass is 493 g/mol. The van der Waals surface area contributed by atoms with Crippen molar-refractivity contribution in [3.05, 3.63) is 66.0 Å². The van der Waals surface area contributed by atoms with E-state index >= 15 is 0 Å². The van der Waals surface area contributed by atoms with E-state index in [9.17, 15) is 9.59 Å². The van der Waals surface area contributed by atoms with E-state index in [4.69, 9.17) is 14.2 Å². The molecule has 1 aromatic heterocycles. The standard InChI is InChI=1S/C26H31N5O5/c1-4-27-26(33)36-18-19-14-24(31(28-19)20-8-6-5-7-9-20)25(32)30-12-10-29(11-13-30)21-15-22(34-2)17-23(16-21)35-3/h5-9,14-17H,4,10-13,18H2,1-3H3,(H,27,33). The Kier molecular flexibility index (Phi) is 7.94. The number of ether oxygens (including phenoxy) is 3. The number of amides is 2. The van der Waals surface area contributed by atoms with Crippen molar-refractivity contribution in [1.82, 2.24) is 20.0 Å². The summed E-state index contributed by atoms with van der Waals surface area (Å²) in [6.07, 6.45) is -0.523. The van der Waals surface area contributed by atoms with Crippen LogP contribution in [0.3, 0.4) is 0 Å². The lowest BCUT2D eigenvalue weighted by molar-refractivity contribution is 0.0737. The van der Waals surface area contributed by atoms with Crippen LogP contribution in [0.1, 0.15) is 23.1 Å². The molecule has 10 heteroatoms. The maximum atomic E-state index is 13.6. The molecule has 1 aliphatic heterocycles. The Balaban J connectivity index is 1.50. The van der Waals surface area contributed by atoms with Crippen LogP contribution in [0.2, 0.25) is 0 Å². The molecule has 1 N–H and O–H groups in total. The number of nitrogens with zero attached hydrogens (tertiary/aromatic N) is 4. The Labute approximate surface area is 210 Å². The quantitative estimate of drug-likeness (QED) is 0.515. The molecule has 2 amide bonds. The summed E-state index contributed by atoms with van der Waals surface area (Å²) in [6.45, 7) is 4.66. The number of benzene rings is 2. The van der Waals surface area contributed by atoms with Gasteiger partial charge in [-0.25, -0.2) is 9.48 Å². The second-order valence-electron chi connectivity index (χ2n) is 8.22. The summed E-state index contributed by atoms with van der Waals surface area (Å²) in [7, 11) is 3.25. The molecule has 2 aromatic carbocycles. The average molecular weight is 494 g/mol. The number of methoxy groups -OCH3 is 2. The summed E-state index contributed by atoms with van der Waals surface area (Å²) in [5, 5.41) is 7.14. The highest BCUT2D eigenvalue weighted by Crippen LogP contribution is 2.29. The first-order valence-corrected chi connectivity index (χ1v) is 11.8. The normalized spacial score (nSPS) is 13.3. The molecule has 36 heavy (non-hydrogen) atoms. The van der Waals surface area contributed by atoms with Gasteiger partial charge in [-0.15, -0.1) is 0 Å². The number of hydrogen-bond donors (Lipinski definition) is 1. The van der Waals surface area contributed by atoms with E-state index in [1.807, 2.05) is 60.4 Å². The van der Waals surface area contributed by atoms with Gasteiger partial charge in [0.15, 0.2) is 0 Å². The highest BCUT2D eigenvalue weighted by molar-refractivity contribution is 5.93. The number of carbonyl (C=O) groups is 2. The van der Waals surface area contributed by atoms with Gasteiger partial charge in [0, 0.05) is 56.6 Å². The first-order chi connectivity index (χ1) is 17.5. The zero-order chi connectivity index (χ0) is 25.5. The first kappa shape index (κ1) is 24.9. The van der Waals surface area contributed by atoms with Crippen molar-refractivity contribution in [1.29, 1.82) is 0 Å². The van der Waals surface area contributed by atoms with Gasteiger partial charge in [0.1, 0.15) is 29.5 Å². The minimum atomic E-state index is -0.523. The number of nitrogens with one attached hydrogen (secondary N) is 1. The van der Waals surface area contributed by atoms with Gasteiger partial charge in [-0.2, -0.15) is 5.10 Å². The van der Waals surface area contributed by atoms with Crippen molar-refractivity contribution in [2.24, 2.45) is 0 Å². The molecule has 0 aliphatic carbocycles. The van der Waals surface area contributed by atoms with Crippen LogP contribution in [0, 0.1) is 0 Å². The average Bonchev–Trinajstić information content (AvgIpc) is 3.36. The van der Waals surface area contributed by atoms with Gasteiger partial charge in [0.25, 0.3) is 5.91 Å². The molecule has 190 valence electrons. The third-order valence-corrected chi connectivity index (χ3v) is 5.92. The van der Waals surface area contributed by atoms with Gasteiger partial charge in [-0.1, -0.05) is 18.2 Å². The number of carbonyl (C=O) groups excluding carboxylic acids is 2. The lowest BCUT2D eigenvalue weighted by Gasteiger charge is -2.36. The van der Waals surface area contributed by atoms with Crippen molar-refractivity contribution < 1.29 is 23.8 Å². The van der Waals surface area contributed by atoms with Crippen LogP contribution in [-0.4, -0.2) is 73.6 Å². The molecule has 0 unspecified atom stereocenters. The fourth-order valence-electron chi connectivity index (χ4n) is 4.06. The smallest absolute Gasteiger partial charge is 0.407 e. The largest absolute Gasteiger partial charge is 0.497 e. The van der Waals surface area contributed by atoms with Gasteiger partial charge in [0.05, 0.1) is 19.9 Å². The third kappa shape index (κ3) is 5.70. The zero-order valence-corrected chi connectivity index (χ0v) is 20.8. The molecule has 1 fully saturated rings. The van der Waals surface area contributed by atoms with E-state index in [1.54, 1.807) is 25.0 Å². The molecule has 1 saturated heterocycles. The van der Waals surface area contributed by atoms with Crippen molar-refractivity contribution >= 4 is 17.7 Å². The van der Waals surface area contributed by atoms with E-state index in [1.165, 1.54) is 0 Å². The molecule has 0 radical (unpaired) electrons. The Morgan fingerprint density at radius 1 is 0.917 bits per heavy atom. The topological polar surface area (TPSA) is 98.2 Å². The number of hydrogen-bond acceptors (Lipinski definition) is 7. The molecule has 4 rings (SSSR count). The summed E-state index contributed by atoms with van der Waals surface area (Å²) in [5.41, 5.74) is 2.66. The summed E-state index contributed by atoms with van der Waals surface area (Å²) in [5.74, 6) is 1.31. The highest BCUT2D eigenvalue weighted by Gasteiger charge is 2.27. The molecule has 0 spiro atoms. The number of alkyl carbamates (subject to hydrolysis) is 1. The fraction of sp³-hybridized carbons (Fsp3) is 0.346. The summed E-state index contributed by atoms with van der Waals surface area (Å²) < 4.78 is 17.6. The maximum Gasteiger partial charge on any atom is 0.407 e. The van der Waals surface area contributed by atoms with Crippen LogP contribution in [0.5, 0.6) is 11.5 Å². The number of rotatable bonds is 8. The summed E-state index contributed by atoms with van der Waals surface area (Å²) >= 11 is 0. The molecule has 0 atom stereocenters. The second kappa shape index (κ2) is 11.5. The lowest BCUT2D eigenvalue weighted by atomic mass is 10.2. The maximum absolute atomic E-state index is 13.6. The van der Waals surface area contributed by atoms with Crippen molar-refractivity contribution in [3.8, 4) is 17.2 Å². The Hall–Kier alpha value is -4.21. The zero-order valence-electron chi connectivity index (χ0n) is 20.8. The summed E-state index contributed by atoms with van der Waals surface area (Å²) in [6, 6.07) is 16.9. The van der Waals surface area contributed by atoms with Crippen molar-refractivity contribution in [2.45, 2.75) is 13.5 Å². The molecule has 3 aromatic rings. The fourth-order valence-corrected chi connectivity index (χ4v) is 4.06. The van der Waals surface area contributed by atoms with E-state index in [-0.39, 0.29) is 12.5 Å². The predicted molar refractivity (Wildman–Crippen MR) is 135 cm³/mol. The Morgan fingerprint density at radius 2 is 1.58 bits per heavy atom. The van der Waals surface area contributed by atoms with E-state index in [2.05, 4.69) is 15.3 Å². The SMILES string of the molecule is CCNC(=O)OCc1cc(C(=O)N2CCN(c3cc(OC)cc(OC)c3)CC2)n(-c2ccccc2)n1. The summed E-state index contributed by atoms with van der Waals surface area (Å²) in [4.78, 5) is 29.3. The van der Waals surface area contributed by atoms with Crippen LogP contribution in [0.15, 0.2) is 54.6 Å². The Bertz CT molecular complexity index is 1170. The van der Waals surface area contributed by atoms with Crippen LogP contribution in [-0.2, 0) is 11.3 Å². The predicted octanol–water partition coefficient (Wildman–Crippen LogP) is 3.10. The number of anilines is 1. The molecule has 1 aliphatic rings. The van der Waals surface area contributed by atoms with Gasteiger partial charge < -0.3 is 29.3 Å². The minimum Gasteiger partial charge on any atom is -0.497 e. The van der Waals surface area contributed by atoms with Gasteiger partial charge >= 0.3 is 6.09 Å². The Morgan fingerprint density at radius 3 is 2.19 bits per heavy atom. The van der Waals surface area contributed by atoms with Gasteiger partial charge in [-0.3, -0.25) is 4.79 Å². The van der Waals surface area contributed by atoms with Crippen LogP contribution >= 0.6 is 0 Å². The van der Waals surface area contributed by atoms with Crippen molar-refractivity contribution in [2.75, 3.05) is 51.8 Å². The van der Waals surface area contributed by atoms with E-state index in [0.29, 0.717) is 44.1 Å². The van der Waals surface area contributed by atoms with Crippen LogP contribution in [0.25, 0.3) is 5.69 Å². The van der Waals surface area contributed by atoms with Gasteiger partial charge in [-0.05, 0) is 25.1 Å². The van der Waals surface area contributed by atoms with Crippen LogP contribution in [0.4, 0.5) is 10.5 Å². The molecular weight excluding hydrogens is 462 g/mol. The van der Waals surface area contributed by atoms with E-state index in [0.717, 1.165) is 22.9 Å². The molecule has 10 nitrogen and oxygen atoms in total. The molecule has 0 bridgehead atoms. The lowest BCUT2D eigenvalue weighted by Crippen LogP contribution is -2.49. The van der Waals surface area contributed by atoms with Crippen LogP contribution < -0.4 is 19.7 Å². The number of aromatic nitrogens is 2.